The van der Waals surface area contributed by atoms with Crippen molar-refractivity contribution in [2.75, 3.05) is 5.32 Å². The molecule has 0 saturated carbocycles. The molecule has 0 radical (unpaired) electrons. The summed E-state index contributed by atoms with van der Waals surface area (Å²) >= 11 is 0. The Morgan fingerprint density at radius 3 is 2.50 bits per heavy atom. The van der Waals surface area contributed by atoms with Crippen LogP contribution in [0.2, 0.25) is 0 Å². The van der Waals surface area contributed by atoms with Crippen LogP contribution < -0.4 is 5.32 Å². The third-order valence-electron chi connectivity index (χ3n) is 6.81. The van der Waals surface area contributed by atoms with Crippen molar-refractivity contribution in [1.82, 2.24) is 0 Å². The molecule has 0 bridgehead atoms. The van der Waals surface area contributed by atoms with Gasteiger partial charge in [0.05, 0.1) is 11.6 Å². The van der Waals surface area contributed by atoms with E-state index in [0.29, 0.717) is 11.5 Å². The molecule has 3 heteroatoms. The van der Waals surface area contributed by atoms with Gasteiger partial charge in [0.2, 0.25) is 0 Å². The molecular formula is C27H21NO2. The first kappa shape index (κ1) is 17.3. The fourth-order valence-corrected chi connectivity index (χ4v) is 5.52. The Labute approximate surface area is 175 Å². The van der Waals surface area contributed by atoms with Crippen molar-refractivity contribution in [2.45, 2.75) is 18.4 Å². The number of carboxylic acid groups (broad SMARTS) is 1. The Bertz CT molecular complexity index is 1300. The number of carboxylic acids is 1. The SMILES string of the molecule is O=C(O)c1ccc2c(c1)[C@@H]1c3ccccc3C[C@H]1[C@@H](c1cccc3ccccc13)N2. The predicted octanol–water partition coefficient (Wildman–Crippen LogP) is 6.01. The lowest BCUT2D eigenvalue weighted by atomic mass is 9.74. The summed E-state index contributed by atoms with van der Waals surface area (Å²) < 4.78 is 0. The van der Waals surface area contributed by atoms with E-state index in [0.717, 1.165) is 17.7 Å². The van der Waals surface area contributed by atoms with Gasteiger partial charge in [0.15, 0.2) is 0 Å². The Hall–Kier alpha value is -3.59. The van der Waals surface area contributed by atoms with Crippen molar-refractivity contribution in [3.05, 3.63) is 113 Å². The van der Waals surface area contributed by atoms with E-state index < -0.39 is 5.97 Å². The fraction of sp³-hybridized carbons (Fsp3) is 0.148. The minimum atomic E-state index is -0.878. The summed E-state index contributed by atoms with van der Waals surface area (Å²) in [5.41, 5.74) is 6.49. The maximum Gasteiger partial charge on any atom is 0.335 e. The average molecular weight is 391 g/mol. The van der Waals surface area contributed by atoms with Crippen molar-refractivity contribution < 1.29 is 9.90 Å². The van der Waals surface area contributed by atoms with Gasteiger partial charge in [-0.15, -0.1) is 0 Å². The summed E-state index contributed by atoms with van der Waals surface area (Å²) in [6.45, 7) is 0. The number of benzene rings is 4. The van der Waals surface area contributed by atoms with Crippen molar-refractivity contribution in [3.8, 4) is 0 Å². The van der Waals surface area contributed by atoms with Gasteiger partial charge in [-0.25, -0.2) is 4.79 Å². The second kappa shape index (κ2) is 6.46. The van der Waals surface area contributed by atoms with Crippen molar-refractivity contribution in [3.63, 3.8) is 0 Å². The van der Waals surface area contributed by atoms with E-state index in [1.165, 1.54) is 27.5 Å². The molecule has 6 rings (SSSR count). The fourth-order valence-electron chi connectivity index (χ4n) is 5.52. The molecule has 0 fully saturated rings. The summed E-state index contributed by atoms with van der Waals surface area (Å²) in [5, 5.41) is 15.9. The molecule has 30 heavy (non-hydrogen) atoms. The maximum atomic E-state index is 11.6. The Morgan fingerprint density at radius 2 is 1.60 bits per heavy atom. The van der Waals surface area contributed by atoms with Gasteiger partial charge in [-0.2, -0.15) is 0 Å². The highest BCUT2D eigenvalue weighted by atomic mass is 16.4. The number of rotatable bonds is 2. The zero-order valence-corrected chi connectivity index (χ0v) is 16.4. The number of fused-ring (bicyclic) bond motifs is 6. The highest BCUT2D eigenvalue weighted by molar-refractivity contribution is 5.89. The third-order valence-corrected chi connectivity index (χ3v) is 6.81. The number of hydrogen-bond donors (Lipinski definition) is 2. The molecule has 0 amide bonds. The van der Waals surface area contributed by atoms with Crippen molar-refractivity contribution >= 4 is 22.4 Å². The summed E-state index contributed by atoms with van der Waals surface area (Å²) in [6, 6.07) is 29.4. The molecule has 1 aliphatic carbocycles. The van der Waals surface area contributed by atoms with Crippen LogP contribution in [0.5, 0.6) is 0 Å². The van der Waals surface area contributed by atoms with E-state index in [4.69, 9.17) is 0 Å². The van der Waals surface area contributed by atoms with E-state index in [1.807, 2.05) is 12.1 Å². The third kappa shape index (κ3) is 2.48. The molecule has 2 N–H and O–H groups in total. The highest BCUT2D eigenvalue weighted by Crippen LogP contribution is 2.54. The van der Waals surface area contributed by atoms with E-state index in [9.17, 15) is 9.90 Å². The lowest BCUT2D eigenvalue weighted by molar-refractivity contribution is 0.0696. The first-order valence-electron chi connectivity index (χ1n) is 10.4. The number of aromatic carboxylic acids is 1. The Kier molecular flexibility index (Phi) is 3.72. The highest BCUT2D eigenvalue weighted by Gasteiger charge is 2.43. The molecule has 1 aliphatic heterocycles. The number of carbonyl (C=O) groups is 1. The summed E-state index contributed by atoms with van der Waals surface area (Å²) in [7, 11) is 0. The summed E-state index contributed by atoms with van der Waals surface area (Å²) in [6.07, 6.45) is 0.985. The van der Waals surface area contributed by atoms with Crippen LogP contribution in [0.15, 0.2) is 84.9 Å². The second-order valence-corrected chi connectivity index (χ2v) is 8.34. The summed E-state index contributed by atoms with van der Waals surface area (Å²) in [5.74, 6) is -0.345. The normalized spacial score (nSPS) is 21.4. The average Bonchev–Trinajstić information content (AvgIpc) is 3.18. The van der Waals surface area contributed by atoms with E-state index in [1.54, 1.807) is 6.07 Å². The molecule has 4 aromatic carbocycles. The van der Waals surface area contributed by atoms with Gasteiger partial charge in [0, 0.05) is 11.6 Å². The van der Waals surface area contributed by atoms with E-state index in [2.05, 4.69) is 72.0 Å². The second-order valence-electron chi connectivity index (χ2n) is 8.34. The van der Waals surface area contributed by atoms with Crippen LogP contribution >= 0.6 is 0 Å². The first-order chi connectivity index (χ1) is 14.7. The molecule has 3 nitrogen and oxygen atoms in total. The van der Waals surface area contributed by atoms with Gasteiger partial charge in [0.1, 0.15) is 0 Å². The molecule has 4 aromatic rings. The van der Waals surface area contributed by atoms with Gasteiger partial charge in [-0.05, 0) is 63.6 Å². The standard InChI is InChI=1S/C27H21NO2/c29-27(30)18-12-13-24-22(15-18)25-20-10-4-2-7-17(20)14-23(25)26(28-24)21-11-5-8-16-6-1-3-9-19(16)21/h1-13,15,23,25-26,28H,14H2,(H,29,30)/t23-,25+,26-/m1/s1. The number of nitrogens with one attached hydrogen (secondary N) is 1. The number of hydrogen-bond acceptors (Lipinski definition) is 2. The van der Waals surface area contributed by atoms with Crippen LogP contribution in [-0.4, -0.2) is 11.1 Å². The zero-order chi connectivity index (χ0) is 20.2. The molecule has 0 saturated heterocycles. The molecule has 0 unspecified atom stereocenters. The molecule has 1 heterocycles. The Balaban J connectivity index is 1.57. The molecular weight excluding hydrogens is 370 g/mol. The topological polar surface area (TPSA) is 49.3 Å². The molecule has 3 atom stereocenters. The zero-order valence-electron chi connectivity index (χ0n) is 16.4. The lowest BCUT2D eigenvalue weighted by Crippen LogP contribution is -2.30. The van der Waals surface area contributed by atoms with E-state index in [-0.39, 0.29) is 12.0 Å². The quantitative estimate of drug-likeness (QED) is 0.440. The van der Waals surface area contributed by atoms with Crippen molar-refractivity contribution in [1.29, 1.82) is 0 Å². The van der Waals surface area contributed by atoms with Gasteiger partial charge in [0.25, 0.3) is 0 Å². The van der Waals surface area contributed by atoms with Crippen LogP contribution in [0.4, 0.5) is 5.69 Å². The maximum absolute atomic E-state index is 11.6. The monoisotopic (exact) mass is 391 g/mol. The van der Waals surface area contributed by atoms with Gasteiger partial charge in [-0.3, -0.25) is 0 Å². The van der Waals surface area contributed by atoms with Crippen LogP contribution in [0, 0.1) is 5.92 Å². The van der Waals surface area contributed by atoms with Gasteiger partial charge < -0.3 is 10.4 Å². The van der Waals surface area contributed by atoms with Crippen LogP contribution in [0.25, 0.3) is 10.8 Å². The van der Waals surface area contributed by atoms with Crippen LogP contribution in [0.1, 0.15) is 44.6 Å². The molecule has 0 spiro atoms. The smallest absolute Gasteiger partial charge is 0.335 e. The minimum Gasteiger partial charge on any atom is -0.478 e. The molecule has 0 aromatic heterocycles. The van der Waals surface area contributed by atoms with Crippen molar-refractivity contribution in [2.24, 2.45) is 5.92 Å². The minimum absolute atomic E-state index is 0.164. The van der Waals surface area contributed by atoms with E-state index >= 15 is 0 Å². The Morgan fingerprint density at radius 1 is 0.833 bits per heavy atom. The largest absolute Gasteiger partial charge is 0.478 e. The van der Waals surface area contributed by atoms with Crippen LogP contribution in [-0.2, 0) is 6.42 Å². The van der Waals surface area contributed by atoms with Gasteiger partial charge >= 0.3 is 5.97 Å². The number of anilines is 1. The van der Waals surface area contributed by atoms with Crippen LogP contribution in [0.3, 0.4) is 0 Å². The predicted molar refractivity (Wildman–Crippen MR) is 119 cm³/mol. The summed E-state index contributed by atoms with van der Waals surface area (Å²) in [4.78, 5) is 11.6. The lowest BCUT2D eigenvalue weighted by Gasteiger charge is -2.38. The molecule has 2 aliphatic rings. The molecule has 146 valence electrons. The van der Waals surface area contributed by atoms with Gasteiger partial charge in [-0.1, -0.05) is 66.7 Å². The first-order valence-corrected chi connectivity index (χ1v) is 10.4.